The molecule has 0 aromatic rings. The number of carbonyl (C=O) groups is 3. The monoisotopic (exact) mass is 519 g/mol. The number of aliphatic hydroxyl groups is 2. The summed E-state index contributed by atoms with van der Waals surface area (Å²) in [6, 6.07) is 0. The highest BCUT2D eigenvalue weighted by molar-refractivity contribution is 5.78. The van der Waals surface area contributed by atoms with Crippen LogP contribution >= 0.6 is 0 Å². The first kappa shape index (κ1) is 38.9. The van der Waals surface area contributed by atoms with Crippen LogP contribution in [0.1, 0.15) is 119 Å². The molecular formula is C28H57NO7. The Hall–Kier alpha value is -1.67. The summed E-state index contributed by atoms with van der Waals surface area (Å²) < 4.78 is 0. The molecule has 0 aliphatic heterocycles. The number of hydrogen-bond donors (Lipinski definition) is 4. The molecule has 0 aliphatic carbocycles. The van der Waals surface area contributed by atoms with Crippen LogP contribution < -0.4 is 0 Å². The summed E-state index contributed by atoms with van der Waals surface area (Å²) in [5.41, 5.74) is 0. The fraction of sp³-hybridized carbons (Fsp3) is 0.893. The van der Waals surface area contributed by atoms with E-state index in [2.05, 4.69) is 13.8 Å². The highest BCUT2D eigenvalue weighted by Gasteiger charge is 2.22. The molecule has 0 bridgehead atoms. The Morgan fingerprint density at radius 2 is 0.778 bits per heavy atom. The predicted octanol–water partition coefficient (Wildman–Crippen LogP) is 5.59. The first-order chi connectivity index (χ1) is 17.1. The molecule has 8 nitrogen and oxygen atoms in total. The van der Waals surface area contributed by atoms with Crippen LogP contribution in [0.25, 0.3) is 0 Å². The van der Waals surface area contributed by atoms with Crippen LogP contribution in [-0.4, -0.2) is 69.5 Å². The minimum Gasteiger partial charge on any atom is -0.481 e. The van der Waals surface area contributed by atoms with Gasteiger partial charge in [0.25, 0.3) is 0 Å². The molecule has 0 radical (unpaired) electrons. The highest BCUT2D eigenvalue weighted by Crippen LogP contribution is 2.17. The molecular weight excluding hydrogens is 462 g/mol. The maximum atomic E-state index is 12.1. The molecule has 216 valence electrons. The number of aliphatic hydroxyl groups excluding tert-OH is 2. The first-order valence-electron chi connectivity index (χ1n) is 14.1. The number of carboxylic acid groups (broad SMARTS) is 2. The Morgan fingerprint density at radius 3 is 0.972 bits per heavy atom. The van der Waals surface area contributed by atoms with Crippen molar-refractivity contribution in [1.29, 1.82) is 0 Å². The van der Waals surface area contributed by atoms with Gasteiger partial charge >= 0.3 is 11.9 Å². The van der Waals surface area contributed by atoms with Gasteiger partial charge in [0.05, 0.1) is 25.0 Å². The van der Waals surface area contributed by atoms with E-state index in [0.717, 1.165) is 77.0 Å². The lowest BCUT2D eigenvalue weighted by Gasteiger charge is -2.26. The fourth-order valence-corrected chi connectivity index (χ4v) is 4.10. The molecule has 0 aliphatic rings. The van der Waals surface area contributed by atoms with E-state index in [-0.39, 0.29) is 36.9 Å². The van der Waals surface area contributed by atoms with Crippen molar-refractivity contribution in [1.82, 2.24) is 4.90 Å². The quantitative estimate of drug-likeness (QED) is 0.175. The average molecular weight is 520 g/mol. The lowest BCUT2D eigenvalue weighted by molar-refractivity contribution is -0.143. The molecule has 0 atom stereocenters. The zero-order valence-corrected chi connectivity index (χ0v) is 24.0. The smallest absolute Gasteiger partial charge is 0.306 e. The van der Waals surface area contributed by atoms with E-state index in [4.69, 9.17) is 20.4 Å². The number of carbonyl (C=O) groups excluding carboxylic acids is 1. The van der Waals surface area contributed by atoms with Crippen LogP contribution in [0.15, 0.2) is 0 Å². The average Bonchev–Trinajstić information content (AvgIpc) is 2.83. The van der Waals surface area contributed by atoms with Gasteiger partial charge in [-0.3, -0.25) is 14.4 Å². The van der Waals surface area contributed by atoms with Gasteiger partial charge in [-0.05, 0) is 38.5 Å². The van der Waals surface area contributed by atoms with Crippen molar-refractivity contribution in [2.24, 2.45) is 17.8 Å². The summed E-state index contributed by atoms with van der Waals surface area (Å²) in [5, 5.41) is 35.0. The van der Waals surface area contributed by atoms with Crippen LogP contribution in [0.2, 0.25) is 0 Å². The zero-order valence-electron chi connectivity index (χ0n) is 24.0. The lowest BCUT2D eigenvalue weighted by Crippen LogP contribution is -2.39. The Kier molecular flexibility index (Phi) is 30.1. The first-order valence-corrected chi connectivity index (χ1v) is 14.1. The number of nitrogens with zero attached hydrogens (tertiary/aromatic N) is 1. The maximum Gasteiger partial charge on any atom is 0.306 e. The van der Waals surface area contributed by atoms with Gasteiger partial charge in [-0.2, -0.15) is 0 Å². The van der Waals surface area contributed by atoms with Gasteiger partial charge in [0.1, 0.15) is 0 Å². The molecule has 0 spiro atoms. The second-order valence-corrected chi connectivity index (χ2v) is 9.27. The van der Waals surface area contributed by atoms with Crippen LogP contribution in [0.5, 0.6) is 0 Å². The van der Waals surface area contributed by atoms with Gasteiger partial charge in [-0.1, -0.05) is 80.1 Å². The summed E-state index contributed by atoms with van der Waals surface area (Å²) >= 11 is 0. The van der Waals surface area contributed by atoms with Crippen LogP contribution in [0, 0.1) is 17.8 Å². The standard InChI is InChI=1S/C12H25NO3.2C8H16O2/c1-3-5-11(6-4-2)12(16)13(7-9-14)8-10-15;2*1-3-5-7(6-4-2)8(9)10/h11,14-15H,3-10H2,1-2H3;2*7H,3-6H2,1-2H3,(H,9,10). The normalized spacial score (nSPS) is 10.5. The van der Waals surface area contributed by atoms with Crippen molar-refractivity contribution < 1.29 is 34.8 Å². The van der Waals surface area contributed by atoms with Gasteiger partial charge in [-0.15, -0.1) is 0 Å². The van der Waals surface area contributed by atoms with Gasteiger partial charge < -0.3 is 25.3 Å². The molecule has 4 N–H and O–H groups in total. The van der Waals surface area contributed by atoms with Crippen LogP contribution in [0.3, 0.4) is 0 Å². The number of carboxylic acids is 2. The minimum absolute atomic E-state index is 0.0449. The third-order valence-electron chi connectivity index (χ3n) is 5.92. The summed E-state index contributed by atoms with van der Waals surface area (Å²) in [6.07, 6.45) is 10.9. The SMILES string of the molecule is CCCC(CCC)C(=O)N(CCO)CCO.CCCC(CCC)C(=O)O.CCCC(CCC)C(=O)O. The molecule has 0 saturated heterocycles. The molecule has 0 aromatic carbocycles. The predicted molar refractivity (Wildman–Crippen MR) is 146 cm³/mol. The van der Waals surface area contributed by atoms with Crippen molar-refractivity contribution in [3.05, 3.63) is 0 Å². The van der Waals surface area contributed by atoms with Crippen molar-refractivity contribution >= 4 is 17.8 Å². The van der Waals surface area contributed by atoms with Gasteiger partial charge in [0.2, 0.25) is 5.91 Å². The van der Waals surface area contributed by atoms with Crippen molar-refractivity contribution in [2.75, 3.05) is 26.3 Å². The van der Waals surface area contributed by atoms with Gasteiger partial charge in [0.15, 0.2) is 0 Å². The van der Waals surface area contributed by atoms with Crippen molar-refractivity contribution in [2.45, 2.75) is 119 Å². The second-order valence-electron chi connectivity index (χ2n) is 9.27. The summed E-state index contributed by atoms with van der Waals surface area (Å²) in [6.45, 7) is 12.8. The number of hydrogen-bond acceptors (Lipinski definition) is 5. The Morgan fingerprint density at radius 1 is 0.528 bits per heavy atom. The van der Waals surface area contributed by atoms with E-state index in [1.165, 1.54) is 0 Å². The maximum absolute atomic E-state index is 12.1. The summed E-state index contributed by atoms with van der Waals surface area (Å²) in [4.78, 5) is 34.6. The van der Waals surface area contributed by atoms with Crippen LogP contribution in [-0.2, 0) is 14.4 Å². The Balaban J connectivity index is -0.000000476. The van der Waals surface area contributed by atoms with E-state index in [1.807, 2.05) is 27.7 Å². The molecule has 36 heavy (non-hydrogen) atoms. The van der Waals surface area contributed by atoms with Gasteiger partial charge in [-0.25, -0.2) is 0 Å². The molecule has 0 rings (SSSR count). The zero-order chi connectivity index (χ0) is 28.4. The summed E-state index contributed by atoms with van der Waals surface area (Å²) in [7, 11) is 0. The Labute approximate surface area is 220 Å². The topological polar surface area (TPSA) is 135 Å². The Bertz CT molecular complexity index is 460. The van der Waals surface area contributed by atoms with Crippen LogP contribution in [0.4, 0.5) is 0 Å². The molecule has 1 amide bonds. The second kappa shape index (κ2) is 27.9. The molecule has 0 saturated carbocycles. The molecule has 0 aromatic heterocycles. The largest absolute Gasteiger partial charge is 0.481 e. The number of aliphatic carboxylic acids is 2. The number of rotatable bonds is 19. The minimum atomic E-state index is -0.635. The van der Waals surface area contributed by atoms with E-state index >= 15 is 0 Å². The third-order valence-corrected chi connectivity index (χ3v) is 5.92. The van der Waals surface area contributed by atoms with Crippen molar-refractivity contribution in [3.63, 3.8) is 0 Å². The molecule has 0 unspecified atom stereocenters. The third kappa shape index (κ3) is 21.6. The summed E-state index contributed by atoms with van der Waals surface area (Å²) in [5.74, 6) is -1.35. The van der Waals surface area contributed by atoms with E-state index in [1.54, 1.807) is 4.90 Å². The van der Waals surface area contributed by atoms with E-state index < -0.39 is 11.9 Å². The molecule has 0 fully saturated rings. The highest BCUT2D eigenvalue weighted by atomic mass is 16.4. The van der Waals surface area contributed by atoms with Crippen molar-refractivity contribution in [3.8, 4) is 0 Å². The lowest BCUT2D eigenvalue weighted by atomic mass is 9.96. The van der Waals surface area contributed by atoms with E-state index in [0.29, 0.717) is 13.1 Å². The molecule has 0 heterocycles. The van der Waals surface area contributed by atoms with Gasteiger partial charge in [0, 0.05) is 19.0 Å². The van der Waals surface area contributed by atoms with E-state index in [9.17, 15) is 14.4 Å². The number of amides is 1. The molecule has 8 heteroatoms. The fourth-order valence-electron chi connectivity index (χ4n) is 4.10.